The van der Waals surface area contributed by atoms with E-state index in [1.165, 1.54) is 0 Å². The van der Waals surface area contributed by atoms with Gasteiger partial charge in [0, 0.05) is 25.0 Å². The fraction of sp³-hybridized carbons (Fsp3) is 0.960. The van der Waals surface area contributed by atoms with Gasteiger partial charge in [-0.3, -0.25) is 4.79 Å². The zero-order chi connectivity index (χ0) is 32.9. The molecule has 258 valence electrons. The molecule has 0 spiro atoms. The summed E-state index contributed by atoms with van der Waals surface area (Å²) in [5.41, 5.74) is 24.1. The summed E-state index contributed by atoms with van der Waals surface area (Å²) in [6.45, 7) is -1.31. The second kappa shape index (κ2) is 16.6. The quantitative estimate of drug-likeness (QED) is 0.0886. The van der Waals surface area contributed by atoms with Gasteiger partial charge in [0.25, 0.3) is 0 Å². The highest BCUT2D eigenvalue weighted by molar-refractivity contribution is 5.80. The van der Waals surface area contributed by atoms with Crippen molar-refractivity contribution in [2.75, 3.05) is 32.8 Å². The molecule has 0 aromatic carbocycles. The van der Waals surface area contributed by atoms with E-state index in [1.54, 1.807) is 0 Å². The Hall–Kier alpha value is -1.21. The summed E-state index contributed by atoms with van der Waals surface area (Å²) in [7, 11) is 0. The van der Waals surface area contributed by atoms with Gasteiger partial charge in [-0.2, -0.15) is 0 Å². The number of amides is 1. The molecule has 1 amide bonds. The highest BCUT2D eigenvalue weighted by Crippen LogP contribution is 2.37. The average Bonchev–Trinajstić information content (AvgIpc) is 2.99. The summed E-state index contributed by atoms with van der Waals surface area (Å²) in [5, 5.41) is 97.8. The Bertz CT molecular complexity index is 897. The number of hydrogen-bond donors (Lipinski definition) is 15. The van der Waals surface area contributed by atoms with Gasteiger partial charge in [0.2, 0.25) is 5.91 Å². The first-order valence-electron chi connectivity index (χ1n) is 14.7. The van der Waals surface area contributed by atoms with Crippen molar-refractivity contribution in [3.63, 3.8) is 0 Å². The van der Waals surface area contributed by atoms with Crippen LogP contribution in [0.5, 0.6) is 0 Å². The van der Waals surface area contributed by atoms with Gasteiger partial charge in [-0.05, 0) is 19.4 Å². The minimum Gasteiger partial charge on any atom is -0.394 e. The monoisotopic (exact) mass is 642 g/mol. The zero-order valence-electron chi connectivity index (χ0n) is 24.2. The van der Waals surface area contributed by atoms with Crippen LogP contribution in [-0.4, -0.2) is 182 Å². The summed E-state index contributed by atoms with van der Waals surface area (Å²) in [5.74, 6) is -1.93. The summed E-state index contributed by atoms with van der Waals surface area (Å²) in [6, 6.07) is -4.62. The number of carbonyl (C=O) groups excluding carboxylic acids is 1. The Morgan fingerprint density at radius 1 is 0.909 bits per heavy atom. The summed E-state index contributed by atoms with van der Waals surface area (Å²) in [6.07, 6.45) is -17.0. The molecule has 2 aliphatic heterocycles. The molecule has 3 aliphatic rings. The van der Waals surface area contributed by atoms with E-state index in [2.05, 4.69) is 10.6 Å². The highest BCUT2D eigenvalue weighted by atomic mass is 16.7. The first-order valence-corrected chi connectivity index (χ1v) is 14.7. The molecule has 0 bridgehead atoms. The van der Waals surface area contributed by atoms with Crippen molar-refractivity contribution in [1.29, 1.82) is 0 Å². The number of aliphatic hydroxyl groups excluding tert-OH is 9. The van der Waals surface area contributed by atoms with E-state index in [1.807, 2.05) is 0 Å². The SMILES string of the molecule is NCCC(O)C(=O)NC1CC(N)C(C2OC(CNCC(O)CO)C(O)C(O)C2N)C(O)C1OC1OC(CO)C(O)C(N)C1O. The lowest BCUT2D eigenvalue weighted by Crippen LogP contribution is -2.72. The third-order valence-electron chi connectivity index (χ3n) is 8.60. The van der Waals surface area contributed by atoms with Crippen molar-refractivity contribution in [2.45, 2.75) is 110 Å². The number of carbonyl (C=O) groups is 1. The smallest absolute Gasteiger partial charge is 0.249 e. The lowest BCUT2D eigenvalue weighted by Gasteiger charge is -2.52. The number of nitrogens with two attached hydrogens (primary N) is 4. The molecule has 17 atom stereocenters. The molecule has 0 aromatic heterocycles. The molecule has 0 radical (unpaired) electrons. The Balaban J connectivity index is 1.88. The van der Waals surface area contributed by atoms with Crippen molar-refractivity contribution in [2.24, 2.45) is 28.9 Å². The highest BCUT2D eigenvalue weighted by Gasteiger charge is 2.55. The van der Waals surface area contributed by atoms with E-state index >= 15 is 0 Å². The first-order chi connectivity index (χ1) is 20.8. The molecule has 2 heterocycles. The number of aliphatic hydroxyl groups is 9. The van der Waals surface area contributed by atoms with Gasteiger partial charge >= 0.3 is 0 Å². The second-order valence-electron chi connectivity index (χ2n) is 11.8. The molecule has 44 heavy (non-hydrogen) atoms. The largest absolute Gasteiger partial charge is 0.394 e. The number of nitrogens with one attached hydrogen (secondary N) is 2. The van der Waals surface area contributed by atoms with Crippen LogP contribution in [0.1, 0.15) is 12.8 Å². The molecule has 1 saturated carbocycles. The van der Waals surface area contributed by atoms with Gasteiger partial charge in [0.1, 0.15) is 42.7 Å². The second-order valence-corrected chi connectivity index (χ2v) is 11.8. The lowest BCUT2D eigenvalue weighted by molar-refractivity contribution is -0.307. The minimum absolute atomic E-state index is 0.00827. The molecule has 3 rings (SSSR count). The third-order valence-corrected chi connectivity index (χ3v) is 8.60. The summed E-state index contributed by atoms with van der Waals surface area (Å²) < 4.78 is 17.5. The van der Waals surface area contributed by atoms with Gasteiger partial charge in [-0.1, -0.05) is 0 Å². The summed E-state index contributed by atoms with van der Waals surface area (Å²) in [4.78, 5) is 12.7. The van der Waals surface area contributed by atoms with Crippen molar-refractivity contribution in [3.05, 3.63) is 0 Å². The fourth-order valence-corrected chi connectivity index (χ4v) is 5.99. The number of hydrogen-bond acceptors (Lipinski definition) is 18. The molecular formula is C25H50N6O13. The van der Waals surface area contributed by atoms with Crippen LogP contribution in [0, 0.1) is 5.92 Å². The molecular weight excluding hydrogens is 592 g/mol. The van der Waals surface area contributed by atoms with E-state index in [9.17, 15) is 45.6 Å². The van der Waals surface area contributed by atoms with Crippen LogP contribution in [0.4, 0.5) is 0 Å². The maximum absolute atomic E-state index is 12.7. The minimum atomic E-state index is -1.64. The Kier molecular flexibility index (Phi) is 14.0. The molecule has 3 fully saturated rings. The maximum atomic E-state index is 12.7. The van der Waals surface area contributed by atoms with Crippen LogP contribution in [0.15, 0.2) is 0 Å². The molecule has 2 saturated heterocycles. The average molecular weight is 643 g/mol. The predicted octanol–water partition coefficient (Wildman–Crippen LogP) is -9.20. The predicted molar refractivity (Wildman–Crippen MR) is 149 cm³/mol. The number of rotatable bonds is 13. The normalized spacial score (nSPS) is 44.6. The molecule has 19 heteroatoms. The molecule has 0 aromatic rings. The molecule has 1 aliphatic carbocycles. The fourth-order valence-electron chi connectivity index (χ4n) is 5.99. The molecule has 19 N–H and O–H groups in total. The van der Waals surface area contributed by atoms with Crippen LogP contribution >= 0.6 is 0 Å². The zero-order valence-corrected chi connectivity index (χ0v) is 24.2. The topological polar surface area (TPSA) is 355 Å². The van der Waals surface area contributed by atoms with Crippen LogP contribution in [0.25, 0.3) is 0 Å². The van der Waals surface area contributed by atoms with Gasteiger partial charge in [-0.15, -0.1) is 0 Å². The Labute approximate surface area is 254 Å². The van der Waals surface area contributed by atoms with E-state index < -0.39 is 123 Å². The van der Waals surface area contributed by atoms with Gasteiger partial charge < -0.3 is 93.7 Å². The standard InChI is InChI=1S/C25H50N6O13/c26-2-1-11(35)24(41)31-10-3-9(27)14(19(38)22(10)44-25-21(40)15(28)17(36)13(7-33)43-25)23-16(29)20(39)18(37)12(42-23)5-30-4-8(34)6-32/h8-23,25,30,32-40H,1-7,26-29H2,(H,31,41). The Morgan fingerprint density at radius 3 is 2.20 bits per heavy atom. The van der Waals surface area contributed by atoms with Crippen LogP contribution < -0.4 is 33.6 Å². The lowest BCUT2D eigenvalue weighted by atomic mass is 9.71. The third kappa shape index (κ3) is 8.38. The maximum Gasteiger partial charge on any atom is 0.249 e. The molecule has 19 nitrogen and oxygen atoms in total. The van der Waals surface area contributed by atoms with Crippen molar-refractivity contribution >= 4 is 5.91 Å². The molecule has 17 unspecified atom stereocenters. The van der Waals surface area contributed by atoms with Crippen LogP contribution in [0.2, 0.25) is 0 Å². The van der Waals surface area contributed by atoms with Gasteiger partial charge in [-0.25, -0.2) is 0 Å². The summed E-state index contributed by atoms with van der Waals surface area (Å²) >= 11 is 0. The number of ether oxygens (including phenoxy) is 3. The van der Waals surface area contributed by atoms with Crippen molar-refractivity contribution in [1.82, 2.24) is 10.6 Å². The Morgan fingerprint density at radius 2 is 1.59 bits per heavy atom. The van der Waals surface area contributed by atoms with E-state index in [0.717, 1.165) is 0 Å². The van der Waals surface area contributed by atoms with Gasteiger partial charge in [0.05, 0.1) is 55.8 Å². The van der Waals surface area contributed by atoms with Crippen molar-refractivity contribution < 1.29 is 65.0 Å². The van der Waals surface area contributed by atoms with E-state index in [0.29, 0.717) is 0 Å². The van der Waals surface area contributed by atoms with Crippen molar-refractivity contribution in [3.8, 4) is 0 Å². The first kappa shape index (κ1) is 37.2. The van der Waals surface area contributed by atoms with Gasteiger partial charge in [0.15, 0.2) is 6.29 Å². The van der Waals surface area contributed by atoms with E-state index in [-0.39, 0.29) is 32.5 Å². The van der Waals surface area contributed by atoms with E-state index in [4.69, 9.17) is 42.3 Å². The van der Waals surface area contributed by atoms with Crippen LogP contribution in [-0.2, 0) is 19.0 Å². The van der Waals surface area contributed by atoms with Crippen LogP contribution in [0.3, 0.4) is 0 Å².